The molecule has 2 heterocycles. The first-order valence-electron chi connectivity index (χ1n) is 13.6. The molecule has 1 fully saturated rings. The lowest BCUT2D eigenvalue weighted by molar-refractivity contribution is -0.133. The summed E-state index contributed by atoms with van der Waals surface area (Å²) in [4.78, 5) is 45.3. The van der Waals surface area contributed by atoms with E-state index in [0.717, 1.165) is 35.0 Å². The zero-order chi connectivity index (χ0) is 26.8. The van der Waals surface area contributed by atoms with E-state index in [1.807, 2.05) is 65.6 Å². The Balaban J connectivity index is 1.07. The SMILES string of the molecule is O=C(CC(c1ccccc1)c1ccccc1)N1CCN(CCN2C(=O)c3cccc4cccc(c34)C2=O)CC1. The largest absolute Gasteiger partial charge is 0.340 e. The Labute approximate surface area is 228 Å². The van der Waals surface area contributed by atoms with Crippen molar-refractivity contribution in [3.8, 4) is 0 Å². The summed E-state index contributed by atoms with van der Waals surface area (Å²) in [5.41, 5.74) is 3.46. The van der Waals surface area contributed by atoms with Crippen molar-refractivity contribution < 1.29 is 14.4 Å². The average Bonchev–Trinajstić information content (AvgIpc) is 2.99. The number of hydrogen-bond acceptors (Lipinski definition) is 4. The summed E-state index contributed by atoms with van der Waals surface area (Å²) in [6.45, 7) is 3.64. The van der Waals surface area contributed by atoms with E-state index >= 15 is 0 Å². The molecule has 0 saturated carbocycles. The van der Waals surface area contributed by atoms with Gasteiger partial charge in [-0.1, -0.05) is 84.9 Å². The molecule has 1 saturated heterocycles. The molecule has 0 atom stereocenters. The molecule has 2 aliphatic heterocycles. The molecule has 0 spiro atoms. The van der Waals surface area contributed by atoms with Crippen molar-refractivity contribution >= 4 is 28.5 Å². The highest BCUT2D eigenvalue weighted by Crippen LogP contribution is 2.31. The maximum atomic E-state index is 13.4. The summed E-state index contributed by atoms with van der Waals surface area (Å²) < 4.78 is 0. The Morgan fingerprint density at radius 3 is 1.72 bits per heavy atom. The molecular weight excluding hydrogens is 486 g/mol. The summed E-state index contributed by atoms with van der Waals surface area (Å²) in [6.07, 6.45) is 0.426. The Hall–Kier alpha value is -4.29. The first kappa shape index (κ1) is 25.0. The topological polar surface area (TPSA) is 60.9 Å². The molecule has 2 aliphatic rings. The maximum Gasteiger partial charge on any atom is 0.261 e. The Morgan fingerprint density at radius 2 is 1.18 bits per heavy atom. The molecule has 3 amide bonds. The van der Waals surface area contributed by atoms with Crippen LogP contribution >= 0.6 is 0 Å². The van der Waals surface area contributed by atoms with Crippen molar-refractivity contribution in [2.45, 2.75) is 12.3 Å². The van der Waals surface area contributed by atoms with Gasteiger partial charge in [0.1, 0.15) is 0 Å². The van der Waals surface area contributed by atoms with Crippen molar-refractivity contribution in [2.75, 3.05) is 39.3 Å². The average molecular weight is 518 g/mol. The fraction of sp³-hybridized carbons (Fsp3) is 0.242. The monoisotopic (exact) mass is 517 g/mol. The smallest absolute Gasteiger partial charge is 0.261 e. The van der Waals surface area contributed by atoms with Gasteiger partial charge in [-0.2, -0.15) is 0 Å². The second-order valence-electron chi connectivity index (χ2n) is 10.3. The minimum absolute atomic E-state index is 0.0152. The predicted molar refractivity (Wildman–Crippen MR) is 152 cm³/mol. The fourth-order valence-electron chi connectivity index (χ4n) is 5.85. The second kappa shape index (κ2) is 10.8. The Kier molecular flexibility index (Phi) is 6.95. The highest BCUT2D eigenvalue weighted by Gasteiger charge is 2.33. The maximum absolute atomic E-state index is 13.4. The molecule has 6 heteroatoms. The van der Waals surface area contributed by atoms with E-state index < -0.39 is 0 Å². The van der Waals surface area contributed by atoms with Crippen molar-refractivity contribution in [2.24, 2.45) is 0 Å². The van der Waals surface area contributed by atoms with E-state index in [-0.39, 0.29) is 23.6 Å². The van der Waals surface area contributed by atoms with Gasteiger partial charge in [-0.25, -0.2) is 0 Å². The second-order valence-corrected chi connectivity index (χ2v) is 10.3. The third-order valence-corrected chi connectivity index (χ3v) is 8.00. The van der Waals surface area contributed by atoms with Crippen molar-refractivity contribution in [3.05, 3.63) is 119 Å². The molecule has 0 bridgehead atoms. The van der Waals surface area contributed by atoms with Crippen LogP contribution in [0.3, 0.4) is 0 Å². The quantitative estimate of drug-likeness (QED) is 0.331. The molecule has 39 heavy (non-hydrogen) atoms. The third-order valence-electron chi connectivity index (χ3n) is 8.00. The summed E-state index contributed by atoms with van der Waals surface area (Å²) >= 11 is 0. The number of amides is 3. The molecule has 6 nitrogen and oxygen atoms in total. The van der Waals surface area contributed by atoms with E-state index in [1.54, 1.807) is 12.1 Å². The number of hydrogen-bond donors (Lipinski definition) is 0. The van der Waals surface area contributed by atoms with Crippen LogP contribution in [-0.2, 0) is 4.79 Å². The number of benzene rings is 4. The molecule has 0 unspecified atom stereocenters. The van der Waals surface area contributed by atoms with Gasteiger partial charge in [-0.05, 0) is 28.6 Å². The van der Waals surface area contributed by atoms with Gasteiger partial charge < -0.3 is 4.90 Å². The van der Waals surface area contributed by atoms with E-state index in [2.05, 4.69) is 29.2 Å². The molecule has 0 aliphatic carbocycles. The minimum atomic E-state index is -0.231. The number of piperazine rings is 1. The van der Waals surface area contributed by atoms with Crippen molar-refractivity contribution in [1.29, 1.82) is 0 Å². The van der Waals surface area contributed by atoms with E-state index in [0.29, 0.717) is 43.7 Å². The third kappa shape index (κ3) is 4.95. The highest BCUT2D eigenvalue weighted by molar-refractivity contribution is 6.25. The molecule has 0 aromatic heterocycles. The van der Waals surface area contributed by atoms with Crippen LogP contribution in [0.2, 0.25) is 0 Å². The number of carbonyl (C=O) groups is 3. The van der Waals surface area contributed by atoms with Crippen LogP contribution in [0.4, 0.5) is 0 Å². The van der Waals surface area contributed by atoms with Crippen LogP contribution < -0.4 is 0 Å². The fourth-order valence-corrected chi connectivity index (χ4v) is 5.85. The first-order chi connectivity index (χ1) is 19.1. The predicted octanol–water partition coefficient (Wildman–Crippen LogP) is 4.80. The van der Waals surface area contributed by atoms with E-state index in [4.69, 9.17) is 0 Å². The van der Waals surface area contributed by atoms with Crippen LogP contribution in [0.5, 0.6) is 0 Å². The van der Waals surface area contributed by atoms with Gasteiger partial charge in [-0.15, -0.1) is 0 Å². The normalized spacial score (nSPS) is 15.8. The van der Waals surface area contributed by atoms with Crippen molar-refractivity contribution in [3.63, 3.8) is 0 Å². The van der Waals surface area contributed by atoms with Gasteiger partial charge >= 0.3 is 0 Å². The van der Waals surface area contributed by atoms with Gasteiger partial charge in [0.15, 0.2) is 0 Å². The highest BCUT2D eigenvalue weighted by atomic mass is 16.2. The lowest BCUT2D eigenvalue weighted by Gasteiger charge is -2.36. The van der Waals surface area contributed by atoms with Crippen LogP contribution in [0, 0.1) is 0 Å². The van der Waals surface area contributed by atoms with E-state index in [9.17, 15) is 14.4 Å². The summed E-state index contributed by atoms with van der Waals surface area (Å²) in [5.74, 6) is -0.295. The summed E-state index contributed by atoms with van der Waals surface area (Å²) in [6, 6.07) is 31.6. The first-order valence-corrected chi connectivity index (χ1v) is 13.6. The number of imide groups is 1. The van der Waals surface area contributed by atoms with Gasteiger partial charge in [0, 0.05) is 68.1 Å². The lowest BCUT2D eigenvalue weighted by atomic mass is 9.88. The van der Waals surface area contributed by atoms with Crippen LogP contribution in [0.25, 0.3) is 10.8 Å². The summed E-state index contributed by atoms with van der Waals surface area (Å²) in [5, 5.41) is 1.66. The van der Waals surface area contributed by atoms with Crippen LogP contribution in [0.15, 0.2) is 97.1 Å². The van der Waals surface area contributed by atoms with Crippen LogP contribution in [-0.4, -0.2) is 71.7 Å². The number of carbonyl (C=O) groups excluding carboxylic acids is 3. The molecule has 6 rings (SSSR count). The molecule has 196 valence electrons. The molecule has 4 aromatic rings. The number of rotatable bonds is 7. The zero-order valence-corrected chi connectivity index (χ0v) is 21.8. The van der Waals surface area contributed by atoms with Gasteiger partial charge in [-0.3, -0.25) is 24.2 Å². The van der Waals surface area contributed by atoms with E-state index in [1.165, 1.54) is 4.90 Å². The van der Waals surface area contributed by atoms with Crippen molar-refractivity contribution in [1.82, 2.24) is 14.7 Å². The minimum Gasteiger partial charge on any atom is -0.340 e. The van der Waals surface area contributed by atoms with Crippen LogP contribution in [0.1, 0.15) is 44.2 Å². The molecule has 0 N–H and O–H groups in total. The molecule has 0 radical (unpaired) electrons. The zero-order valence-electron chi connectivity index (χ0n) is 21.8. The molecule has 4 aromatic carbocycles. The summed E-state index contributed by atoms with van der Waals surface area (Å²) in [7, 11) is 0. The molecular formula is C33H31N3O3. The van der Waals surface area contributed by atoms with Gasteiger partial charge in [0.2, 0.25) is 5.91 Å². The standard InChI is InChI=1S/C33H31N3O3/c37-30(23-29(24-9-3-1-4-10-24)25-11-5-2-6-12-25)35-20-17-34(18-21-35)19-22-36-32(38)27-15-7-13-26-14-8-16-28(31(26)27)33(36)39/h1-16,29H,17-23H2. The van der Waals surface area contributed by atoms with Gasteiger partial charge in [0.25, 0.3) is 11.8 Å². The Bertz CT molecular complexity index is 1420. The number of nitrogens with zero attached hydrogens (tertiary/aromatic N) is 3. The van der Waals surface area contributed by atoms with Gasteiger partial charge in [0.05, 0.1) is 0 Å². The lowest BCUT2D eigenvalue weighted by Crippen LogP contribution is -2.51. The Morgan fingerprint density at radius 1 is 0.641 bits per heavy atom.